The number of aliphatic carboxylic acids is 1. The molecule has 3 aliphatic rings. The highest BCUT2D eigenvalue weighted by Crippen LogP contribution is 2.60. The molecule has 3 aliphatic heterocycles. The van der Waals surface area contributed by atoms with Gasteiger partial charge in [-0.1, -0.05) is 45.7 Å². The Labute approximate surface area is 211 Å². The zero-order valence-electron chi connectivity index (χ0n) is 18.6. The van der Waals surface area contributed by atoms with Crippen molar-refractivity contribution in [3.63, 3.8) is 0 Å². The molecule has 1 spiro atoms. The SMILES string of the molecule is C=CCN(C(=O)[C@H]1N(CCCCCO)C(=O)[C@@H]2[C@@H](C(=O)O)[C@@H]3O[C@@]21CC3Br)c1ccccc1Cl. The summed E-state index contributed by atoms with van der Waals surface area (Å²) in [5, 5.41) is 19.5. The molecular formula is C24H28BrClN2O6. The van der Waals surface area contributed by atoms with Crippen molar-refractivity contribution in [1.82, 2.24) is 4.90 Å². The number of carboxylic acids is 1. The van der Waals surface area contributed by atoms with E-state index in [1.54, 1.807) is 30.3 Å². The Kier molecular flexibility index (Phi) is 7.38. The lowest BCUT2D eigenvalue weighted by Crippen LogP contribution is -2.57. The van der Waals surface area contributed by atoms with E-state index < -0.39 is 35.6 Å². The number of carboxylic acid groups (broad SMARTS) is 1. The summed E-state index contributed by atoms with van der Waals surface area (Å²) in [7, 11) is 0. The molecule has 2 amide bonds. The Balaban J connectivity index is 1.76. The van der Waals surface area contributed by atoms with Crippen molar-refractivity contribution in [2.75, 3.05) is 24.6 Å². The number of nitrogens with zero attached hydrogens (tertiary/aromatic N) is 2. The molecule has 3 saturated heterocycles. The lowest BCUT2D eigenvalue weighted by molar-refractivity contribution is -0.149. The second-order valence-electron chi connectivity index (χ2n) is 9.01. The summed E-state index contributed by atoms with van der Waals surface area (Å²) >= 11 is 9.96. The lowest BCUT2D eigenvalue weighted by Gasteiger charge is -2.37. The molecule has 0 aliphatic carbocycles. The quantitative estimate of drug-likeness (QED) is 0.261. The molecule has 3 fully saturated rings. The molecule has 0 radical (unpaired) electrons. The van der Waals surface area contributed by atoms with E-state index in [1.165, 1.54) is 9.80 Å². The molecular weight excluding hydrogens is 528 g/mol. The van der Waals surface area contributed by atoms with Gasteiger partial charge in [-0.2, -0.15) is 0 Å². The Bertz CT molecular complexity index is 992. The third-order valence-corrected chi connectivity index (χ3v) is 8.25. The van der Waals surface area contributed by atoms with Gasteiger partial charge in [-0.15, -0.1) is 6.58 Å². The monoisotopic (exact) mass is 554 g/mol. The van der Waals surface area contributed by atoms with Crippen molar-refractivity contribution >= 4 is 51.0 Å². The van der Waals surface area contributed by atoms with Crippen LogP contribution in [0.1, 0.15) is 25.7 Å². The Morgan fingerprint density at radius 3 is 2.71 bits per heavy atom. The summed E-state index contributed by atoms with van der Waals surface area (Å²) in [4.78, 5) is 42.7. The van der Waals surface area contributed by atoms with Gasteiger partial charge in [0, 0.05) is 24.5 Å². The number of carbonyl (C=O) groups is 3. The van der Waals surface area contributed by atoms with Gasteiger partial charge < -0.3 is 24.7 Å². The standard InChI is InChI=1S/C24H28BrClN2O6/c1-2-10-27(16-9-5-4-8-15(16)26)22(31)20-24-13-14(25)19(34-24)17(23(32)33)18(24)21(30)28(20)11-6-3-7-12-29/h2,4-5,8-9,14,17-20,29H,1,3,6-7,10-13H2,(H,32,33)/t14?,17-,18+,19-,20-,24+/m1/s1. The first-order chi connectivity index (χ1) is 16.3. The first kappa shape index (κ1) is 25.2. The van der Waals surface area contributed by atoms with Crippen molar-refractivity contribution in [3.8, 4) is 0 Å². The highest BCUT2D eigenvalue weighted by Gasteiger charge is 2.76. The number of alkyl halides is 1. The Morgan fingerprint density at radius 2 is 2.06 bits per heavy atom. The van der Waals surface area contributed by atoms with Crippen LogP contribution < -0.4 is 4.90 Å². The zero-order valence-corrected chi connectivity index (χ0v) is 21.0. The number of hydrogen-bond acceptors (Lipinski definition) is 5. The minimum atomic E-state index is -1.24. The number of unbranched alkanes of at least 4 members (excludes halogenated alkanes) is 2. The number of amides is 2. The fourth-order valence-corrected chi connectivity index (χ4v) is 6.94. The number of anilines is 1. The number of benzene rings is 1. The highest BCUT2D eigenvalue weighted by molar-refractivity contribution is 9.09. The maximum Gasteiger partial charge on any atom is 0.310 e. The summed E-state index contributed by atoms with van der Waals surface area (Å²) < 4.78 is 6.29. The van der Waals surface area contributed by atoms with Gasteiger partial charge in [0.2, 0.25) is 5.91 Å². The largest absolute Gasteiger partial charge is 0.481 e. The third-order valence-electron chi connectivity index (χ3n) is 7.09. The van der Waals surface area contributed by atoms with Gasteiger partial charge in [-0.3, -0.25) is 14.4 Å². The average Bonchev–Trinajstić information content (AvgIpc) is 3.39. The number of para-hydroxylation sites is 1. The van der Waals surface area contributed by atoms with Gasteiger partial charge in [-0.05, 0) is 37.8 Å². The van der Waals surface area contributed by atoms with Gasteiger partial charge >= 0.3 is 5.97 Å². The van der Waals surface area contributed by atoms with Gasteiger partial charge in [-0.25, -0.2) is 0 Å². The van der Waals surface area contributed by atoms with Crippen molar-refractivity contribution in [1.29, 1.82) is 0 Å². The summed E-state index contributed by atoms with van der Waals surface area (Å²) in [6, 6.07) is 5.94. The van der Waals surface area contributed by atoms with Crippen molar-refractivity contribution in [2.45, 2.75) is 48.3 Å². The van der Waals surface area contributed by atoms with E-state index in [9.17, 15) is 19.5 Å². The molecule has 3 heterocycles. The van der Waals surface area contributed by atoms with Crippen LogP contribution in [0.2, 0.25) is 5.02 Å². The van der Waals surface area contributed by atoms with Gasteiger partial charge in [0.1, 0.15) is 11.6 Å². The van der Waals surface area contributed by atoms with E-state index in [0.717, 1.165) is 0 Å². The number of likely N-dealkylation sites (tertiary alicyclic amines) is 1. The van der Waals surface area contributed by atoms with Crippen molar-refractivity contribution < 1.29 is 29.3 Å². The summed E-state index contributed by atoms with van der Waals surface area (Å²) in [6.45, 7) is 4.24. The molecule has 2 N–H and O–H groups in total. The topological polar surface area (TPSA) is 107 Å². The Hall–Kier alpha value is -1.94. The molecule has 10 heteroatoms. The molecule has 184 valence electrons. The number of aliphatic hydroxyl groups is 1. The molecule has 1 aromatic carbocycles. The zero-order chi connectivity index (χ0) is 24.6. The van der Waals surface area contributed by atoms with Crippen LogP contribution in [-0.2, 0) is 19.1 Å². The summed E-state index contributed by atoms with van der Waals surface area (Å²) in [5.41, 5.74) is -0.757. The third kappa shape index (κ3) is 3.96. The number of hydrogen-bond donors (Lipinski definition) is 2. The summed E-state index contributed by atoms with van der Waals surface area (Å²) in [5.74, 6) is -3.81. The fourth-order valence-electron chi connectivity index (χ4n) is 5.76. The van der Waals surface area contributed by atoms with Crippen molar-refractivity contribution in [2.24, 2.45) is 11.8 Å². The van der Waals surface area contributed by atoms with Crippen LogP contribution in [0.4, 0.5) is 5.69 Å². The minimum absolute atomic E-state index is 0.0413. The normalized spacial score (nSPS) is 31.6. The molecule has 6 atom stereocenters. The fraction of sp³-hybridized carbons (Fsp3) is 0.542. The molecule has 0 saturated carbocycles. The second-order valence-corrected chi connectivity index (χ2v) is 10.6. The van der Waals surface area contributed by atoms with E-state index in [-0.39, 0.29) is 36.3 Å². The Morgan fingerprint density at radius 1 is 1.32 bits per heavy atom. The van der Waals surface area contributed by atoms with E-state index in [0.29, 0.717) is 36.4 Å². The van der Waals surface area contributed by atoms with E-state index in [4.69, 9.17) is 21.4 Å². The van der Waals surface area contributed by atoms with Crippen LogP contribution in [-0.4, -0.2) is 75.2 Å². The maximum atomic E-state index is 14.2. The predicted octanol–water partition coefficient (Wildman–Crippen LogP) is 2.85. The smallest absolute Gasteiger partial charge is 0.310 e. The van der Waals surface area contributed by atoms with Crippen LogP contribution in [0.15, 0.2) is 36.9 Å². The highest BCUT2D eigenvalue weighted by atomic mass is 79.9. The van der Waals surface area contributed by atoms with E-state index in [2.05, 4.69) is 22.5 Å². The van der Waals surface area contributed by atoms with Gasteiger partial charge in [0.15, 0.2) is 0 Å². The number of carbonyl (C=O) groups excluding carboxylic acids is 2. The predicted molar refractivity (Wildman–Crippen MR) is 130 cm³/mol. The molecule has 1 unspecified atom stereocenters. The number of aliphatic hydroxyl groups excluding tert-OH is 1. The molecule has 1 aromatic rings. The first-order valence-corrected chi connectivity index (χ1v) is 12.7. The lowest BCUT2D eigenvalue weighted by atomic mass is 9.70. The molecule has 0 aromatic heterocycles. The molecule has 8 nitrogen and oxygen atoms in total. The molecule has 2 bridgehead atoms. The molecule has 34 heavy (non-hydrogen) atoms. The molecule has 4 rings (SSSR count). The van der Waals surface area contributed by atoms with Gasteiger partial charge in [0.25, 0.3) is 5.91 Å². The number of halogens is 2. The first-order valence-electron chi connectivity index (χ1n) is 11.4. The number of fused-ring (bicyclic) bond motifs is 1. The second kappa shape index (κ2) is 9.97. The van der Waals surface area contributed by atoms with Crippen molar-refractivity contribution in [3.05, 3.63) is 41.9 Å². The van der Waals surface area contributed by atoms with Gasteiger partial charge in [0.05, 0.1) is 28.6 Å². The van der Waals surface area contributed by atoms with E-state index >= 15 is 0 Å². The van der Waals surface area contributed by atoms with Crippen LogP contribution in [0.5, 0.6) is 0 Å². The van der Waals surface area contributed by atoms with Crippen LogP contribution >= 0.6 is 27.5 Å². The van der Waals surface area contributed by atoms with Crippen LogP contribution in [0.3, 0.4) is 0 Å². The average molecular weight is 556 g/mol. The number of ether oxygens (including phenoxy) is 1. The maximum absolute atomic E-state index is 14.2. The van der Waals surface area contributed by atoms with Crippen LogP contribution in [0.25, 0.3) is 0 Å². The summed E-state index contributed by atoms with van der Waals surface area (Å²) in [6.07, 6.45) is 3.08. The minimum Gasteiger partial charge on any atom is -0.481 e. The van der Waals surface area contributed by atoms with Crippen LogP contribution in [0, 0.1) is 11.8 Å². The number of rotatable bonds is 10. The van der Waals surface area contributed by atoms with E-state index in [1.807, 2.05) is 0 Å².